The van der Waals surface area contributed by atoms with E-state index in [0.717, 1.165) is 45.2 Å². The topological polar surface area (TPSA) is 79.4 Å². The van der Waals surface area contributed by atoms with Crippen LogP contribution in [0.2, 0.25) is 0 Å². The third-order valence-electron chi connectivity index (χ3n) is 4.87. The quantitative estimate of drug-likeness (QED) is 0.739. The minimum absolute atomic E-state index is 0.0355. The van der Waals surface area contributed by atoms with E-state index in [0.29, 0.717) is 11.3 Å². The second kappa shape index (κ2) is 8.63. The molecule has 0 spiro atoms. The first-order valence-corrected chi connectivity index (χ1v) is 11.0. The lowest BCUT2D eigenvalue weighted by Crippen LogP contribution is -2.37. The summed E-state index contributed by atoms with van der Waals surface area (Å²) in [4.78, 5) is 19.3. The molecule has 0 atom stereocenters. The number of carbonyl (C=O) groups is 1. The van der Waals surface area contributed by atoms with Gasteiger partial charge in [-0.3, -0.25) is 14.5 Å². The van der Waals surface area contributed by atoms with Gasteiger partial charge in [-0.15, -0.1) is 0 Å². The Hall–Kier alpha value is -2.25. The van der Waals surface area contributed by atoms with E-state index in [1.54, 1.807) is 30.5 Å². The number of nitrogens with zero attached hydrogens (tertiary/aromatic N) is 2. The molecule has 2 aromatic rings. The third-order valence-corrected chi connectivity index (χ3v) is 5.48. The number of likely N-dealkylation sites (tertiary alicyclic amines) is 1. The molecule has 144 valence electrons. The molecule has 0 amide bonds. The van der Waals surface area contributed by atoms with Gasteiger partial charge in [0.1, 0.15) is 0 Å². The molecule has 1 saturated heterocycles. The van der Waals surface area contributed by atoms with E-state index in [-0.39, 0.29) is 11.7 Å². The van der Waals surface area contributed by atoms with Gasteiger partial charge in [0.25, 0.3) is 0 Å². The Balaban J connectivity index is 1.49. The maximum absolute atomic E-state index is 12.7. The van der Waals surface area contributed by atoms with Crippen molar-refractivity contribution in [1.82, 2.24) is 9.88 Å². The molecule has 0 radical (unpaired) electrons. The van der Waals surface area contributed by atoms with E-state index in [1.807, 2.05) is 12.3 Å². The molecule has 1 aliphatic heterocycles. The van der Waals surface area contributed by atoms with Crippen LogP contribution in [0.5, 0.6) is 0 Å². The maximum atomic E-state index is 12.7. The largest absolute Gasteiger partial charge is 0.303 e. The zero-order valence-corrected chi connectivity index (χ0v) is 16.3. The van der Waals surface area contributed by atoms with Crippen molar-refractivity contribution < 1.29 is 13.2 Å². The van der Waals surface area contributed by atoms with Gasteiger partial charge < -0.3 is 4.90 Å². The first-order valence-electron chi connectivity index (χ1n) is 9.14. The fourth-order valence-corrected chi connectivity index (χ4v) is 3.97. The van der Waals surface area contributed by atoms with Gasteiger partial charge in [0.2, 0.25) is 10.0 Å². The van der Waals surface area contributed by atoms with Crippen molar-refractivity contribution in [2.45, 2.75) is 19.3 Å². The molecule has 1 aromatic carbocycles. The van der Waals surface area contributed by atoms with Crippen LogP contribution >= 0.6 is 0 Å². The van der Waals surface area contributed by atoms with Crippen molar-refractivity contribution in [2.75, 3.05) is 30.6 Å². The predicted molar refractivity (Wildman–Crippen MR) is 106 cm³/mol. The molecule has 1 aliphatic rings. The Labute approximate surface area is 160 Å². The molecule has 0 saturated carbocycles. The fourth-order valence-electron chi connectivity index (χ4n) is 3.40. The SMILES string of the molecule is CS(=O)(=O)Nc1ccc(C(=O)C2CCN(CCc3cccnc3)CC2)cc1. The van der Waals surface area contributed by atoms with Crippen molar-refractivity contribution in [1.29, 1.82) is 0 Å². The minimum atomic E-state index is -3.31. The van der Waals surface area contributed by atoms with Gasteiger partial charge in [-0.1, -0.05) is 6.07 Å². The number of piperidine rings is 1. The molecule has 6 nitrogen and oxygen atoms in total. The molecule has 1 fully saturated rings. The van der Waals surface area contributed by atoms with Gasteiger partial charge in [0.05, 0.1) is 6.26 Å². The van der Waals surface area contributed by atoms with Crippen LogP contribution in [0.4, 0.5) is 5.69 Å². The monoisotopic (exact) mass is 387 g/mol. The number of benzene rings is 1. The summed E-state index contributed by atoms with van der Waals surface area (Å²) in [7, 11) is -3.31. The summed E-state index contributed by atoms with van der Waals surface area (Å²) in [5.74, 6) is 0.182. The van der Waals surface area contributed by atoms with E-state index in [9.17, 15) is 13.2 Å². The average molecular weight is 388 g/mol. The average Bonchev–Trinajstić information content (AvgIpc) is 2.66. The van der Waals surface area contributed by atoms with E-state index >= 15 is 0 Å². The molecule has 1 aromatic heterocycles. The summed E-state index contributed by atoms with van der Waals surface area (Å²) in [6.45, 7) is 2.83. The Kier molecular flexibility index (Phi) is 6.23. The van der Waals surface area contributed by atoms with Crippen LogP contribution in [-0.2, 0) is 16.4 Å². The van der Waals surface area contributed by atoms with Gasteiger partial charge in [-0.05, 0) is 68.2 Å². The summed E-state index contributed by atoms with van der Waals surface area (Å²) >= 11 is 0. The molecule has 0 bridgehead atoms. The highest BCUT2D eigenvalue weighted by atomic mass is 32.2. The molecule has 1 N–H and O–H groups in total. The number of pyridine rings is 1. The predicted octanol–water partition coefficient (Wildman–Crippen LogP) is 2.59. The van der Waals surface area contributed by atoms with Crippen molar-refractivity contribution in [3.05, 3.63) is 59.9 Å². The summed E-state index contributed by atoms with van der Waals surface area (Å²) < 4.78 is 24.9. The number of rotatable bonds is 7. The van der Waals surface area contributed by atoms with Crippen LogP contribution in [0.1, 0.15) is 28.8 Å². The third kappa shape index (κ3) is 5.87. The lowest BCUT2D eigenvalue weighted by atomic mass is 9.88. The van der Waals surface area contributed by atoms with Crippen molar-refractivity contribution in [3.63, 3.8) is 0 Å². The number of anilines is 1. The van der Waals surface area contributed by atoms with Crippen LogP contribution in [0.15, 0.2) is 48.8 Å². The Morgan fingerprint density at radius 2 is 1.89 bits per heavy atom. The van der Waals surface area contributed by atoms with Gasteiger partial charge in [0, 0.05) is 36.1 Å². The summed E-state index contributed by atoms with van der Waals surface area (Å²) in [5.41, 5.74) is 2.35. The highest BCUT2D eigenvalue weighted by Crippen LogP contribution is 2.23. The van der Waals surface area contributed by atoms with Crippen molar-refractivity contribution in [2.24, 2.45) is 5.92 Å². The molecule has 2 heterocycles. The lowest BCUT2D eigenvalue weighted by Gasteiger charge is -2.31. The second-order valence-electron chi connectivity index (χ2n) is 7.04. The number of nitrogens with one attached hydrogen (secondary N) is 1. The molecule has 27 heavy (non-hydrogen) atoms. The summed E-state index contributed by atoms with van der Waals surface area (Å²) in [6, 6.07) is 10.7. The van der Waals surface area contributed by atoms with Crippen LogP contribution in [0.3, 0.4) is 0 Å². The van der Waals surface area contributed by atoms with E-state index in [2.05, 4.69) is 20.7 Å². The van der Waals surface area contributed by atoms with Crippen LogP contribution in [-0.4, -0.2) is 50.0 Å². The number of hydrogen-bond donors (Lipinski definition) is 1. The Bertz CT molecular complexity index is 859. The number of hydrogen-bond acceptors (Lipinski definition) is 5. The Morgan fingerprint density at radius 1 is 1.19 bits per heavy atom. The van der Waals surface area contributed by atoms with Gasteiger partial charge in [-0.25, -0.2) is 8.42 Å². The van der Waals surface area contributed by atoms with Crippen LogP contribution < -0.4 is 4.72 Å². The van der Waals surface area contributed by atoms with Gasteiger partial charge in [-0.2, -0.15) is 0 Å². The highest BCUT2D eigenvalue weighted by molar-refractivity contribution is 7.92. The first kappa shape index (κ1) is 19.5. The Morgan fingerprint density at radius 3 is 2.48 bits per heavy atom. The number of sulfonamides is 1. The first-order chi connectivity index (χ1) is 12.9. The fraction of sp³-hybridized carbons (Fsp3) is 0.400. The number of ketones is 1. The van der Waals surface area contributed by atoms with Crippen LogP contribution in [0.25, 0.3) is 0 Å². The van der Waals surface area contributed by atoms with Crippen molar-refractivity contribution in [3.8, 4) is 0 Å². The molecular formula is C20H25N3O3S. The van der Waals surface area contributed by atoms with Gasteiger partial charge in [0.15, 0.2) is 5.78 Å². The smallest absolute Gasteiger partial charge is 0.229 e. The number of carbonyl (C=O) groups excluding carboxylic acids is 1. The number of Topliss-reactive ketones (excluding diaryl/α,β-unsaturated/α-hetero) is 1. The normalized spacial score (nSPS) is 16.2. The zero-order valence-electron chi connectivity index (χ0n) is 15.5. The standard InChI is InChI=1S/C20H25N3O3S/c1-27(25,26)22-19-6-4-17(5-7-19)20(24)18-9-13-23(14-10-18)12-8-16-3-2-11-21-15-16/h2-7,11,15,18,22H,8-10,12-14H2,1H3. The number of aromatic nitrogens is 1. The van der Waals surface area contributed by atoms with Gasteiger partial charge >= 0.3 is 0 Å². The van der Waals surface area contributed by atoms with E-state index in [4.69, 9.17) is 0 Å². The van der Waals surface area contributed by atoms with Crippen molar-refractivity contribution >= 4 is 21.5 Å². The molecule has 3 rings (SSSR count). The second-order valence-corrected chi connectivity index (χ2v) is 8.79. The highest BCUT2D eigenvalue weighted by Gasteiger charge is 2.25. The molecule has 0 aliphatic carbocycles. The molecular weight excluding hydrogens is 362 g/mol. The lowest BCUT2D eigenvalue weighted by molar-refractivity contribution is 0.0841. The summed E-state index contributed by atoms with van der Waals surface area (Å²) in [6.07, 6.45) is 7.47. The van der Waals surface area contributed by atoms with E-state index in [1.165, 1.54) is 5.56 Å². The van der Waals surface area contributed by atoms with E-state index < -0.39 is 10.0 Å². The zero-order chi connectivity index (χ0) is 19.3. The minimum Gasteiger partial charge on any atom is -0.303 e. The maximum Gasteiger partial charge on any atom is 0.229 e. The van der Waals surface area contributed by atoms with Crippen LogP contribution in [0, 0.1) is 5.92 Å². The summed E-state index contributed by atoms with van der Waals surface area (Å²) in [5, 5.41) is 0. The molecule has 7 heteroatoms. The molecule has 0 unspecified atom stereocenters.